The maximum absolute atomic E-state index is 13.6. The molecule has 4 rings (SSSR count). The molecule has 0 aliphatic carbocycles. The highest BCUT2D eigenvalue weighted by Gasteiger charge is 2.35. The SMILES string of the molecule is N#Cc1ccc(-c2cc(COCC3(c4cccc(Cl)c4)CCNCC3)cc(C(F)(F)F)c2)cc1. The molecule has 0 aromatic heterocycles. The summed E-state index contributed by atoms with van der Waals surface area (Å²) >= 11 is 6.23. The molecule has 0 atom stereocenters. The van der Waals surface area contributed by atoms with Crippen LogP contribution in [0.15, 0.2) is 66.7 Å². The van der Waals surface area contributed by atoms with Crippen molar-refractivity contribution in [3.8, 4) is 17.2 Å². The van der Waals surface area contributed by atoms with Gasteiger partial charge in [0.05, 0.1) is 30.4 Å². The van der Waals surface area contributed by atoms with E-state index in [1.165, 1.54) is 0 Å². The molecule has 34 heavy (non-hydrogen) atoms. The van der Waals surface area contributed by atoms with Crippen LogP contribution in [0.4, 0.5) is 13.2 Å². The second-order valence-electron chi connectivity index (χ2n) is 8.64. The van der Waals surface area contributed by atoms with Crippen molar-refractivity contribution in [1.29, 1.82) is 5.26 Å². The lowest BCUT2D eigenvalue weighted by Crippen LogP contribution is -2.43. The number of piperidine rings is 1. The van der Waals surface area contributed by atoms with E-state index >= 15 is 0 Å². The van der Waals surface area contributed by atoms with Crippen LogP contribution < -0.4 is 5.32 Å². The van der Waals surface area contributed by atoms with Gasteiger partial charge in [-0.05, 0) is 90.6 Å². The Kier molecular flexibility index (Phi) is 7.27. The molecule has 0 spiro atoms. The molecule has 0 amide bonds. The summed E-state index contributed by atoms with van der Waals surface area (Å²) in [5.74, 6) is 0. The topological polar surface area (TPSA) is 45.0 Å². The minimum absolute atomic E-state index is 0.0585. The number of hydrogen-bond acceptors (Lipinski definition) is 3. The Bertz CT molecular complexity index is 1180. The standard InChI is InChI=1S/C27H24ClF3N2O/c28-25-3-1-2-23(15-25)26(8-10-33-11-9-26)18-34-17-20-12-22(14-24(13-20)27(29,30)31)21-6-4-19(16-32)5-7-21/h1-7,12-15,33H,8-11,17-18H2. The fraction of sp³-hybridized carbons (Fsp3) is 0.296. The van der Waals surface area contributed by atoms with Gasteiger partial charge in [0.25, 0.3) is 0 Å². The summed E-state index contributed by atoms with van der Waals surface area (Å²) in [5, 5.41) is 13.0. The second-order valence-corrected chi connectivity index (χ2v) is 9.08. The monoisotopic (exact) mass is 484 g/mol. The Labute approximate surface area is 202 Å². The van der Waals surface area contributed by atoms with E-state index < -0.39 is 11.7 Å². The molecular weight excluding hydrogens is 461 g/mol. The molecule has 1 aliphatic rings. The third kappa shape index (κ3) is 5.61. The van der Waals surface area contributed by atoms with Crippen LogP contribution in [-0.2, 0) is 22.9 Å². The molecular formula is C27H24ClF3N2O. The third-order valence-electron chi connectivity index (χ3n) is 6.31. The fourth-order valence-corrected chi connectivity index (χ4v) is 4.64. The first-order valence-electron chi connectivity index (χ1n) is 11.1. The lowest BCUT2D eigenvalue weighted by Gasteiger charge is -2.38. The van der Waals surface area contributed by atoms with Gasteiger partial charge in [-0.15, -0.1) is 0 Å². The molecule has 3 aromatic rings. The van der Waals surface area contributed by atoms with Crippen molar-refractivity contribution in [2.75, 3.05) is 19.7 Å². The predicted molar refractivity (Wildman–Crippen MR) is 126 cm³/mol. The minimum Gasteiger partial charge on any atom is -0.376 e. The van der Waals surface area contributed by atoms with E-state index in [9.17, 15) is 13.2 Å². The zero-order valence-corrected chi connectivity index (χ0v) is 19.2. The lowest BCUT2D eigenvalue weighted by molar-refractivity contribution is -0.137. The van der Waals surface area contributed by atoms with Crippen LogP contribution in [0.3, 0.4) is 0 Å². The third-order valence-corrected chi connectivity index (χ3v) is 6.55. The molecule has 1 fully saturated rings. The highest BCUT2D eigenvalue weighted by Crippen LogP contribution is 2.37. The lowest BCUT2D eigenvalue weighted by atomic mass is 9.74. The van der Waals surface area contributed by atoms with Gasteiger partial charge in [-0.1, -0.05) is 35.9 Å². The van der Waals surface area contributed by atoms with Crippen molar-refractivity contribution < 1.29 is 17.9 Å². The van der Waals surface area contributed by atoms with Crippen molar-refractivity contribution in [1.82, 2.24) is 5.32 Å². The number of ether oxygens (including phenoxy) is 1. The van der Waals surface area contributed by atoms with E-state index in [2.05, 4.69) is 5.32 Å². The molecule has 0 bridgehead atoms. The average Bonchev–Trinajstić information content (AvgIpc) is 2.84. The molecule has 0 unspecified atom stereocenters. The van der Waals surface area contributed by atoms with Crippen molar-refractivity contribution in [2.24, 2.45) is 0 Å². The number of nitrogens with zero attached hydrogens (tertiary/aromatic N) is 1. The number of nitrogens with one attached hydrogen (secondary N) is 1. The molecule has 1 aliphatic heterocycles. The number of alkyl halides is 3. The Morgan fingerprint density at radius 2 is 1.71 bits per heavy atom. The van der Waals surface area contributed by atoms with Crippen molar-refractivity contribution in [2.45, 2.75) is 31.0 Å². The van der Waals surface area contributed by atoms with E-state index in [-0.39, 0.29) is 12.0 Å². The number of hydrogen-bond donors (Lipinski definition) is 1. The number of benzene rings is 3. The van der Waals surface area contributed by atoms with E-state index in [1.54, 1.807) is 30.3 Å². The Morgan fingerprint density at radius 1 is 0.971 bits per heavy atom. The molecule has 1 saturated heterocycles. The first-order chi connectivity index (χ1) is 16.3. The number of nitriles is 1. The molecule has 0 radical (unpaired) electrons. The van der Waals surface area contributed by atoms with Gasteiger partial charge in [0, 0.05) is 10.4 Å². The second kappa shape index (κ2) is 10.2. The van der Waals surface area contributed by atoms with Crippen LogP contribution in [-0.4, -0.2) is 19.7 Å². The zero-order chi connectivity index (χ0) is 24.2. The molecule has 3 aromatic carbocycles. The average molecular weight is 485 g/mol. The van der Waals surface area contributed by atoms with E-state index in [1.807, 2.05) is 30.3 Å². The van der Waals surface area contributed by atoms with E-state index in [0.29, 0.717) is 33.9 Å². The Balaban J connectivity index is 1.58. The van der Waals surface area contributed by atoms with Crippen LogP contribution in [0, 0.1) is 11.3 Å². The first-order valence-corrected chi connectivity index (χ1v) is 11.4. The van der Waals surface area contributed by atoms with Crippen molar-refractivity contribution in [3.05, 3.63) is 94.0 Å². The maximum Gasteiger partial charge on any atom is 0.416 e. The van der Waals surface area contributed by atoms with E-state index in [0.717, 1.165) is 43.6 Å². The maximum atomic E-state index is 13.6. The largest absolute Gasteiger partial charge is 0.416 e. The smallest absolute Gasteiger partial charge is 0.376 e. The Hall–Kier alpha value is -2.85. The summed E-state index contributed by atoms with van der Waals surface area (Å²) in [6, 6.07) is 20.2. The van der Waals surface area contributed by atoms with E-state index in [4.69, 9.17) is 21.6 Å². The predicted octanol–water partition coefficient (Wildman–Crippen LogP) is 6.74. The number of rotatable bonds is 6. The summed E-state index contributed by atoms with van der Waals surface area (Å²) in [5.41, 5.74) is 2.07. The van der Waals surface area contributed by atoms with Crippen LogP contribution in [0.25, 0.3) is 11.1 Å². The molecule has 1 heterocycles. The molecule has 176 valence electrons. The molecule has 7 heteroatoms. The van der Waals surface area contributed by atoms with Gasteiger partial charge in [0.1, 0.15) is 0 Å². The minimum atomic E-state index is -4.48. The summed E-state index contributed by atoms with van der Waals surface area (Å²) < 4.78 is 46.9. The fourth-order valence-electron chi connectivity index (χ4n) is 4.45. The van der Waals surface area contributed by atoms with Crippen molar-refractivity contribution in [3.63, 3.8) is 0 Å². The van der Waals surface area contributed by atoms with Crippen LogP contribution in [0.2, 0.25) is 5.02 Å². The zero-order valence-electron chi connectivity index (χ0n) is 18.5. The molecule has 3 nitrogen and oxygen atoms in total. The van der Waals surface area contributed by atoms with Crippen LogP contribution in [0.5, 0.6) is 0 Å². The van der Waals surface area contributed by atoms with Gasteiger partial charge in [0.2, 0.25) is 0 Å². The van der Waals surface area contributed by atoms with Crippen molar-refractivity contribution >= 4 is 11.6 Å². The van der Waals surface area contributed by atoms with Gasteiger partial charge in [-0.3, -0.25) is 0 Å². The highest BCUT2D eigenvalue weighted by atomic mass is 35.5. The summed E-state index contributed by atoms with van der Waals surface area (Å²) in [6.07, 6.45) is -2.77. The van der Waals surface area contributed by atoms with Gasteiger partial charge >= 0.3 is 6.18 Å². The first kappa shape index (κ1) is 24.3. The van der Waals surface area contributed by atoms with Gasteiger partial charge < -0.3 is 10.1 Å². The molecule has 1 N–H and O–H groups in total. The van der Waals surface area contributed by atoms with Crippen LogP contribution >= 0.6 is 11.6 Å². The summed E-state index contributed by atoms with van der Waals surface area (Å²) in [7, 11) is 0. The van der Waals surface area contributed by atoms with Gasteiger partial charge in [0.15, 0.2) is 0 Å². The summed E-state index contributed by atoms with van der Waals surface area (Å²) in [4.78, 5) is 0. The Morgan fingerprint density at radius 3 is 2.35 bits per heavy atom. The number of halogens is 4. The van der Waals surface area contributed by atoms with Gasteiger partial charge in [-0.25, -0.2) is 0 Å². The normalized spacial score (nSPS) is 15.6. The molecule has 0 saturated carbocycles. The quantitative estimate of drug-likeness (QED) is 0.421. The highest BCUT2D eigenvalue weighted by molar-refractivity contribution is 6.30. The van der Waals surface area contributed by atoms with Gasteiger partial charge in [-0.2, -0.15) is 18.4 Å². The summed E-state index contributed by atoms with van der Waals surface area (Å²) in [6.45, 7) is 2.12. The van der Waals surface area contributed by atoms with Crippen LogP contribution in [0.1, 0.15) is 35.1 Å².